The van der Waals surface area contributed by atoms with E-state index in [1.54, 1.807) is 7.11 Å². The molecular weight excluding hydrogens is 654 g/mol. The molecule has 8 nitrogen and oxygen atoms in total. The molecule has 52 heavy (non-hydrogen) atoms. The molecule has 2 atom stereocenters. The molecule has 0 aromatic carbocycles. The van der Waals surface area contributed by atoms with Crippen molar-refractivity contribution in [3.8, 4) is 0 Å². The molecule has 0 aromatic rings. The van der Waals surface area contributed by atoms with Crippen molar-refractivity contribution >= 4 is 17.8 Å². The third-order valence-electron chi connectivity index (χ3n) is 10.5. The molecule has 0 aliphatic carbocycles. The molecule has 0 fully saturated rings. The van der Waals surface area contributed by atoms with Crippen LogP contribution in [0.5, 0.6) is 0 Å². The zero-order valence-electron chi connectivity index (χ0n) is 35.4. The van der Waals surface area contributed by atoms with Gasteiger partial charge in [0.2, 0.25) is 5.91 Å². The van der Waals surface area contributed by atoms with Crippen LogP contribution in [0.4, 0.5) is 0 Å². The summed E-state index contributed by atoms with van der Waals surface area (Å²) in [5, 5.41) is 2.97. The first-order valence-electron chi connectivity index (χ1n) is 21.8. The predicted octanol–water partition coefficient (Wildman–Crippen LogP) is 11.7. The summed E-state index contributed by atoms with van der Waals surface area (Å²) in [5.41, 5.74) is -0.870. The molecule has 0 aliphatic rings. The first kappa shape index (κ1) is 50.3. The number of amides is 1. The summed E-state index contributed by atoms with van der Waals surface area (Å²) in [6.07, 6.45) is 29.1. The zero-order chi connectivity index (χ0) is 38.8. The van der Waals surface area contributed by atoms with Gasteiger partial charge in [0.05, 0.1) is 24.2 Å². The number of ether oxygens (including phenoxy) is 4. The minimum Gasteiger partial charge on any atom is -0.462 e. The van der Waals surface area contributed by atoms with Crippen LogP contribution in [0.2, 0.25) is 0 Å². The maximum Gasteiger partial charge on any atom is 0.306 e. The third-order valence-corrected chi connectivity index (χ3v) is 10.5. The Morgan fingerprint density at radius 1 is 0.615 bits per heavy atom. The number of hydrogen-bond donors (Lipinski definition) is 1. The highest BCUT2D eigenvalue weighted by Crippen LogP contribution is 2.23. The van der Waals surface area contributed by atoms with E-state index in [1.807, 2.05) is 27.7 Å². The lowest BCUT2D eigenvalue weighted by molar-refractivity contribution is -0.159. The van der Waals surface area contributed by atoms with Crippen molar-refractivity contribution in [3.05, 3.63) is 0 Å². The second-order valence-corrected chi connectivity index (χ2v) is 16.0. The predicted molar refractivity (Wildman–Crippen MR) is 216 cm³/mol. The largest absolute Gasteiger partial charge is 0.462 e. The van der Waals surface area contributed by atoms with Crippen molar-refractivity contribution in [2.24, 2.45) is 0 Å². The highest BCUT2D eigenvalue weighted by Gasteiger charge is 2.28. The molecule has 0 saturated carbocycles. The van der Waals surface area contributed by atoms with E-state index in [-0.39, 0.29) is 36.5 Å². The Hall–Kier alpha value is -1.67. The summed E-state index contributed by atoms with van der Waals surface area (Å²) in [6, 6.07) is 0. The van der Waals surface area contributed by atoms with Gasteiger partial charge in [0.25, 0.3) is 0 Å². The summed E-state index contributed by atoms with van der Waals surface area (Å²) in [7, 11) is 1.69. The van der Waals surface area contributed by atoms with E-state index in [0.29, 0.717) is 38.8 Å². The topological polar surface area (TPSA) is 100 Å². The Morgan fingerprint density at radius 3 is 1.50 bits per heavy atom. The molecular formula is C44H85NO7. The van der Waals surface area contributed by atoms with Gasteiger partial charge in [-0.2, -0.15) is 0 Å². The molecule has 0 saturated heterocycles. The Labute approximate surface area is 321 Å². The fourth-order valence-electron chi connectivity index (χ4n) is 6.24. The number of methoxy groups -OCH3 is 1. The highest BCUT2D eigenvalue weighted by molar-refractivity contribution is 5.77. The minimum atomic E-state index is -0.591. The van der Waals surface area contributed by atoms with Gasteiger partial charge in [0, 0.05) is 32.9 Å². The number of unbranched alkanes of at least 4 members (excludes halogenated alkanes) is 20. The summed E-state index contributed by atoms with van der Waals surface area (Å²) in [4.78, 5) is 38.3. The van der Waals surface area contributed by atoms with Crippen LogP contribution in [-0.2, 0) is 33.3 Å². The fraction of sp³-hybridized carbons (Fsp3) is 0.932. The van der Waals surface area contributed by atoms with Crippen LogP contribution in [0.3, 0.4) is 0 Å². The van der Waals surface area contributed by atoms with Crippen molar-refractivity contribution in [1.29, 1.82) is 0 Å². The molecule has 1 amide bonds. The Morgan fingerprint density at radius 2 is 1.06 bits per heavy atom. The van der Waals surface area contributed by atoms with Crippen molar-refractivity contribution in [2.75, 3.05) is 26.9 Å². The van der Waals surface area contributed by atoms with Crippen LogP contribution in [0.15, 0.2) is 0 Å². The average molecular weight is 740 g/mol. The number of esters is 2. The number of hydrogen-bond acceptors (Lipinski definition) is 7. The lowest BCUT2D eigenvalue weighted by Crippen LogP contribution is -2.39. The second kappa shape index (κ2) is 33.9. The standard InChI is InChI=1S/C44H85NO7/c1-8-11-13-15-17-19-21-23-25-27-29-31-41(47)50-38-39(52-42(48)32-30-28-26-24-22-20-18-16-14-12-9-2)33-35-45-40(46)37-44(6,10-3)51-36-34-43(4,5)49-7/h39H,8-38H2,1-7H3,(H,45,46). The van der Waals surface area contributed by atoms with Crippen LogP contribution in [-0.4, -0.2) is 62.0 Å². The molecule has 0 bridgehead atoms. The van der Waals surface area contributed by atoms with E-state index in [0.717, 1.165) is 44.9 Å². The third kappa shape index (κ3) is 31.8. The quantitative estimate of drug-likeness (QED) is 0.0497. The van der Waals surface area contributed by atoms with Crippen molar-refractivity contribution in [2.45, 2.75) is 239 Å². The lowest BCUT2D eigenvalue weighted by Gasteiger charge is -2.30. The first-order chi connectivity index (χ1) is 25.0. The smallest absolute Gasteiger partial charge is 0.306 e. The summed E-state index contributed by atoms with van der Waals surface area (Å²) in [6.45, 7) is 13.3. The minimum absolute atomic E-state index is 0.0157. The van der Waals surface area contributed by atoms with Gasteiger partial charge in [-0.1, -0.05) is 149 Å². The molecule has 0 radical (unpaired) electrons. The van der Waals surface area contributed by atoms with E-state index in [1.165, 1.54) is 103 Å². The first-order valence-corrected chi connectivity index (χ1v) is 21.8. The molecule has 1 N–H and O–H groups in total. The number of nitrogens with one attached hydrogen (secondary N) is 1. The van der Waals surface area contributed by atoms with Crippen molar-refractivity contribution in [3.63, 3.8) is 0 Å². The molecule has 308 valence electrons. The SMILES string of the molecule is CCCCCCCCCCCCCC(=O)OCC(CCNC(=O)CC(C)(CC)OCCC(C)(C)OC)OC(=O)CCCCCCCCCCCCC. The fourth-order valence-corrected chi connectivity index (χ4v) is 6.24. The van der Waals surface area contributed by atoms with Gasteiger partial charge in [-0.25, -0.2) is 0 Å². The normalized spacial score (nSPS) is 13.4. The van der Waals surface area contributed by atoms with Gasteiger partial charge >= 0.3 is 11.9 Å². The maximum atomic E-state index is 12.9. The second-order valence-electron chi connectivity index (χ2n) is 16.0. The maximum absolute atomic E-state index is 12.9. The van der Waals surface area contributed by atoms with Gasteiger partial charge in [0.15, 0.2) is 0 Å². The zero-order valence-corrected chi connectivity index (χ0v) is 35.4. The molecule has 0 aliphatic heterocycles. The molecule has 0 aromatic heterocycles. The van der Waals surface area contributed by atoms with Crippen LogP contribution in [0.25, 0.3) is 0 Å². The summed E-state index contributed by atoms with van der Waals surface area (Å²) in [5.74, 6) is -0.631. The van der Waals surface area contributed by atoms with Crippen LogP contribution in [0, 0.1) is 0 Å². The summed E-state index contributed by atoms with van der Waals surface area (Å²) >= 11 is 0. The van der Waals surface area contributed by atoms with Gasteiger partial charge < -0.3 is 24.3 Å². The molecule has 8 heteroatoms. The van der Waals surface area contributed by atoms with Gasteiger partial charge in [0.1, 0.15) is 12.7 Å². The van der Waals surface area contributed by atoms with Gasteiger partial charge in [-0.05, 0) is 46.5 Å². The van der Waals surface area contributed by atoms with Gasteiger partial charge in [-0.15, -0.1) is 0 Å². The van der Waals surface area contributed by atoms with Crippen LogP contribution in [0.1, 0.15) is 221 Å². The number of carbonyl (C=O) groups excluding carboxylic acids is 3. The summed E-state index contributed by atoms with van der Waals surface area (Å²) < 4.78 is 23.0. The van der Waals surface area contributed by atoms with Crippen molar-refractivity contribution in [1.82, 2.24) is 5.32 Å². The number of carbonyl (C=O) groups is 3. The molecule has 0 rings (SSSR count). The van der Waals surface area contributed by atoms with Crippen LogP contribution >= 0.6 is 0 Å². The molecule has 0 spiro atoms. The number of rotatable bonds is 38. The van der Waals surface area contributed by atoms with Crippen LogP contribution < -0.4 is 5.32 Å². The highest BCUT2D eigenvalue weighted by atomic mass is 16.6. The Bertz CT molecular complexity index is 864. The van der Waals surface area contributed by atoms with E-state index < -0.39 is 11.7 Å². The Kier molecular flexibility index (Phi) is 32.8. The molecule has 2 unspecified atom stereocenters. The Balaban J connectivity index is 4.66. The average Bonchev–Trinajstić information content (AvgIpc) is 3.11. The lowest BCUT2D eigenvalue weighted by atomic mass is 9.97. The van der Waals surface area contributed by atoms with Gasteiger partial charge in [-0.3, -0.25) is 14.4 Å². The van der Waals surface area contributed by atoms with E-state index in [9.17, 15) is 14.4 Å². The van der Waals surface area contributed by atoms with E-state index >= 15 is 0 Å². The van der Waals surface area contributed by atoms with E-state index in [4.69, 9.17) is 18.9 Å². The molecule has 0 heterocycles. The monoisotopic (exact) mass is 740 g/mol. The van der Waals surface area contributed by atoms with E-state index in [2.05, 4.69) is 19.2 Å². The van der Waals surface area contributed by atoms with Crippen molar-refractivity contribution < 1.29 is 33.3 Å².